The number of ether oxygens (including phenoxy) is 3. The predicted octanol–water partition coefficient (Wildman–Crippen LogP) is 2.44. The zero-order valence-electron chi connectivity index (χ0n) is 15.4. The van der Waals surface area contributed by atoms with Crippen molar-refractivity contribution in [2.24, 2.45) is 0 Å². The first-order valence-electron chi connectivity index (χ1n) is 8.39. The molecule has 3 rings (SSSR count). The van der Waals surface area contributed by atoms with Gasteiger partial charge in [0.25, 0.3) is 10.0 Å². The van der Waals surface area contributed by atoms with E-state index in [1.807, 2.05) is 19.9 Å². The molecule has 1 aliphatic rings. The van der Waals surface area contributed by atoms with Crippen LogP contribution in [0.3, 0.4) is 0 Å². The van der Waals surface area contributed by atoms with E-state index in [-0.39, 0.29) is 4.90 Å². The molecule has 144 valence electrons. The second-order valence-corrected chi connectivity index (χ2v) is 8.10. The molecule has 1 aliphatic heterocycles. The molecule has 0 saturated heterocycles. The predicted molar refractivity (Wildman–Crippen MR) is 99.9 cm³/mol. The molecule has 0 radical (unpaired) electrons. The molecule has 27 heavy (non-hydrogen) atoms. The summed E-state index contributed by atoms with van der Waals surface area (Å²) in [6.07, 6.45) is 0. The van der Waals surface area contributed by atoms with Gasteiger partial charge >= 0.3 is 5.97 Å². The third-order valence-corrected chi connectivity index (χ3v) is 5.87. The van der Waals surface area contributed by atoms with Gasteiger partial charge in [-0.3, -0.25) is 9.10 Å². The standard InChI is InChI=1S/C19H21NO6S/c1-13-8-14(2)10-15(9-13)20(12-19(21)24-3)27(22,23)16-4-5-17-18(11-16)26-7-6-25-17/h4-5,8-11H,6-7,12H2,1-3H3. The molecule has 0 bridgehead atoms. The molecule has 0 amide bonds. The van der Waals surface area contributed by atoms with E-state index in [0.717, 1.165) is 15.4 Å². The van der Waals surface area contributed by atoms with Crippen LogP contribution in [0.4, 0.5) is 5.69 Å². The minimum Gasteiger partial charge on any atom is -0.486 e. The van der Waals surface area contributed by atoms with Gasteiger partial charge in [-0.15, -0.1) is 0 Å². The summed E-state index contributed by atoms with van der Waals surface area (Å²) < 4.78 is 43.3. The second kappa shape index (κ2) is 7.48. The number of fused-ring (bicyclic) bond motifs is 1. The Kier molecular flexibility index (Phi) is 5.27. The number of carbonyl (C=O) groups is 1. The fraction of sp³-hybridized carbons (Fsp3) is 0.316. The Hall–Kier alpha value is -2.74. The maximum absolute atomic E-state index is 13.3. The van der Waals surface area contributed by atoms with Crippen molar-refractivity contribution in [1.29, 1.82) is 0 Å². The van der Waals surface area contributed by atoms with E-state index >= 15 is 0 Å². The molecule has 0 saturated carbocycles. The number of rotatable bonds is 5. The van der Waals surface area contributed by atoms with Crippen LogP contribution >= 0.6 is 0 Å². The van der Waals surface area contributed by atoms with Crippen LogP contribution < -0.4 is 13.8 Å². The highest BCUT2D eigenvalue weighted by atomic mass is 32.2. The molecule has 2 aromatic carbocycles. The first-order chi connectivity index (χ1) is 12.8. The van der Waals surface area contributed by atoms with Gasteiger partial charge in [0, 0.05) is 6.07 Å². The van der Waals surface area contributed by atoms with E-state index in [4.69, 9.17) is 14.2 Å². The molecule has 0 aliphatic carbocycles. The number of methoxy groups -OCH3 is 1. The van der Waals surface area contributed by atoms with Crippen LogP contribution in [0.1, 0.15) is 11.1 Å². The molecule has 0 N–H and O–H groups in total. The summed E-state index contributed by atoms with van der Waals surface area (Å²) in [6.45, 7) is 4.05. The largest absolute Gasteiger partial charge is 0.486 e. The highest BCUT2D eigenvalue weighted by Crippen LogP contribution is 2.34. The summed E-state index contributed by atoms with van der Waals surface area (Å²) in [5.74, 6) is 0.196. The quantitative estimate of drug-likeness (QED) is 0.728. The third-order valence-electron chi connectivity index (χ3n) is 4.10. The number of benzene rings is 2. The van der Waals surface area contributed by atoms with Crippen molar-refractivity contribution < 1.29 is 27.4 Å². The van der Waals surface area contributed by atoms with Gasteiger partial charge in [-0.25, -0.2) is 8.42 Å². The SMILES string of the molecule is COC(=O)CN(c1cc(C)cc(C)c1)S(=O)(=O)c1ccc2c(c1)OCCO2. The molecule has 2 aromatic rings. The fourth-order valence-corrected chi connectivity index (χ4v) is 4.31. The minimum absolute atomic E-state index is 0.00909. The summed E-state index contributed by atoms with van der Waals surface area (Å²) in [5.41, 5.74) is 2.17. The van der Waals surface area contributed by atoms with Crippen LogP contribution in [0.25, 0.3) is 0 Å². The van der Waals surface area contributed by atoms with Gasteiger partial charge in [-0.05, 0) is 49.2 Å². The Morgan fingerprint density at radius 3 is 2.30 bits per heavy atom. The molecular formula is C19H21NO6S. The molecule has 0 fully saturated rings. The smallest absolute Gasteiger partial charge is 0.326 e. The van der Waals surface area contributed by atoms with Crippen molar-refractivity contribution in [1.82, 2.24) is 0 Å². The van der Waals surface area contributed by atoms with Crippen LogP contribution in [0.2, 0.25) is 0 Å². The number of hydrogen-bond acceptors (Lipinski definition) is 6. The lowest BCUT2D eigenvalue weighted by molar-refractivity contribution is -0.138. The minimum atomic E-state index is -4.03. The molecule has 8 heteroatoms. The molecule has 0 aromatic heterocycles. The highest BCUT2D eigenvalue weighted by Gasteiger charge is 2.29. The zero-order chi connectivity index (χ0) is 19.6. The molecule has 1 heterocycles. The van der Waals surface area contributed by atoms with E-state index in [2.05, 4.69) is 0 Å². The summed E-state index contributed by atoms with van der Waals surface area (Å²) >= 11 is 0. The summed E-state index contributed by atoms with van der Waals surface area (Å²) in [5, 5.41) is 0. The Labute approximate surface area is 158 Å². The number of sulfonamides is 1. The van der Waals surface area contributed by atoms with Crippen LogP contribution in [-0.2, 0) is 19.6 Å². The van der Waals surface area contributed by atoms with Gasteiger partial charge in [0.1, 0.15) is 19.8 Å². The lowest BCUT2D eigenvalue weighted by Gasteiger charge is -2.25. The number of anilines is 1. The van der Waals surface area contributed by atoms with Gasteiger partial charge < -0.3 is 14.2 Å². The molecular weight excluding hydrogens is 370 g/mol. The van der Waals surface area contributed by atoms with Crippen molar-refractivity contribution in [3.63, 3.8) is 0 Å². The van der Waals surface area contributed by atoms with E-state index in [1.165, 1.54) is 19.2 Å². The van der Waals surface area contributed by atoms with Crippen LogP contribution in [-0.4, -0.2) is 41.3 Å². The Morgan fingerprint density at radius 2 is 1.67 bits per heavy atom. The average Bonchev–Trinajstić information content (AvgIpc) is 2.64. The Balaban J connectivity index is 2.08. The monoisotopic (exact) mass is 391 g/mol. The molecule has 0 unspecified atom stereocenters. The Morgan fingerprint density at radius 1 is 1.04 bits per heavy atom. The topological polar surface area (TPSA) is 82.1 Å². The molecule has 7 nitrogen and oxygen atoms in total. The molecule has 0 atom stereocenters. The van der Waals surface area contributed by atoms with E-state index in [1.54, 1.807) is 18.2 Å². The fourth-order valence-electron chi connectivity index (χ4n) is 2.90. The van der Waals surface area contributed by atoms with Crippen molar-refractivity contribution in [2.75, 3.05) is 31.2 Å². The number of carbonyl (C=O) groups excluding carboxylic acids is 1. The lowest BCUT2D eigenvalue weighted by Crippen LogP contribution is -2.36. The highest BCUT2D eigenvalue weighted by molar-refractivity contribution is 7.92. The van der Waals surface area contributed by atoms with Gasteiger partial charge in [0.15, 0.2) is 11.5 Å². The van der Waals surface area contributed by atoms with Gasteiger partial charge in [-0.1, -0.05) is 6.07 Å². The summed E-state index contributed by atoms with van der Waals surface area (Å²) in [4.78, 5) is 11.9. The summed E-state index contributed by atoms with van der Waals surface area (Å²) in [7, 11) is -2.81. The van der Waals surface area contributed by atoms with Crippen LogP contribution in [0, 0.1) is 13.8 Å². The second-order valence-electron chi connectivity index (χ2n) is 6.24. The van der Waals surface area contributed by atoms with Gasteiger partial charge in [0.2, 0.25) is 0 Å². The first kappa shape index (κ1) is 19.0. The third kappa shape index (κ3) is 4.00. The van der Waals surface area contributed by atoms with Gasteiger partial charge in [-0.2, -0.15) is 0 Å². The van der Waals surface area contributed by atoms with E-state index in [0.29, 0.717) is 30.4 Å². The van der Waals surface area contributed by atoms with Crippen molar-refractivity contribution in [3.05, 3.63) is 47.5 Å². The zero-order valence-corrected chi connectivity index (χ0v) is 16.2. The lowest BCUT2D eigenvalue weighted by atomic mass is 10.1. The Bertz CT molecular complexity index is 950. The van der Waals surface area contributed by atoms with Crippen molar-refractivity contribution >= 4 is 21.7 Å². The summed E-state index contributed by atoms with van der Waals surface area (Å²) in [6, 6.07) is 9.76. The van der Waals surface area contributed by atoms with E-state index in [9.17, 15) is 13.2 Å². The number of esters is 1. The maximum Gasteiger partial charge on any atom is 0.326 e. The first-order valence-corrected chi connectivity index (χ1v) is 9.83. The number of hydrogen-bond donors (Lipinski definition) is 0. The maximum atomic E-state index is 13.3. The van der Waals surface area contributed by atoms with Crippen LogP contribution in [0.5, 0.6) is 11.5 Å². The van der Waals surface area contributed by atoms with Crippen molar-refractivity contribution in [2.45, 2.75) is 18.7 Å². The average molecular weight is 391 g/mol. The van der Waals surface area contributed by atoms with Gasteiger partial charge in [0.05, 0.1) is 17.7 Å². The number of nitrogens with zero attached hydrogens (tertiary/aromatic N) is 1. The number of aryl methyl sites for hydroxylation is 2. The normalized spacial score (nSPS) is 13.1. The van der Waals surface area contributed by atoms with E-state index < -0.39 is 22.5 Å². The van der Waals surface area contributed by atoms with Crippen molar-refractivity contribution in [3.8, 4) is 11.5 Å². The van der Waals surface area contributed by atoms with Crippen LogP contribution in [0.15, 0.2) is 41.3 Å². The molecule has 0 spiro atoms.